The lowest BCUT2D eigenvalue weighted by Crippen LogP contribution is -2.14. The molecule has 2 aromatic heterocycles. The Morgan fingerprint density at radius 2 is 2.06 bits per heavy atom. The van der Waals surface area contributed by atoms with E-state index in [4.69, 9.17) is 5.73 Å². The summed E-state index contributed by atoms with van der Waals surface area (Å²) in [5.74, 6) is 0. The molecule has 17 heavy (non-hydrogen) atoms. The summed E-state index contributed by atoms with van der Waals surface area (Å²) in [5, 5.41) is 0. The van der Waals surface area contributed by atoms with Gasteiger partial charge in [-0.25, -0.2) is 0 Å². The summed E-state index contributed by atoms with van der Waals surface area (Å²) in [6.07, 6.45) is 5.70. The third-order valence-electron chi connectivity index (χ3n) is 2.97. The van der Waals surface area contributed by atoms with Crippen molar-refractivity contribution in [2.45, 2.75) is 32.7 Å². The zero-order valence-corrected chi connectivity index (χ0v) is 11.1. The number of aromatic nitrogens is 1. The number of nitrogens with two attached hydrogens (primary N) is 1. The highest BCUT2D eigenvalue weighted by atomic mass is 32.1. The van der Waals surface area contributed by atoms with Crippen molar-refractivity contribution in [3.63, 3.8) is 0 Å². The molecule has 2 rings (SSSR count). The number of rotatable bonds is 4. The molecule has 0 spiro atoms. The first kappa shape index (κ1) is 12.3. The van der Waals surface area contributed by atoms with Crippen LogP contribution < -0.4 is 5.73 Å². The number of hydrogen-bond donors (Lipinski definition) is 1. The first-order valence-electron chi connectivity index (χ1n) is 5.94. The number of thiophene rings is 1. The predicted molar refractivity (Wildman–Crippen MR) is 73.3 cm³/mol. The second-order valence-corrected chi connectivity index (χ2v) is 5.52. The lowest BCUT2D eigenvalue weighted by Gasteiger charge is -2.12. The fourth-order valence-corrected chi connectivity index (χ4v) is 2.93. The minimum atomic E-state index is 0.0482. The molecular weight excluding hydrogens is 228 g/mol. The predicted octanol–water partition coefficient (Wildman–Crippen LogP) is 3.26. The summed E-state index contributed by atoms with van der Waals surface area (Å²) in [7, 11) is 0. The smallest absolute Gasteiger partial charge is 0.0361 e. The van der Waals surface area contributed by atoms with Crippen LogP contribution in [0.5, 0.6) is 0 Å². The maximum Gasteiger partial charge on any atom is 0.0361 e. The van der Waals surface area contributed by atoms with E-state index in [-0.39, 0.29) is 6.04 Å². The van der Waals surface area contributed by atoms with Crippen molar-refractivity contribution < 1.29 is 0 Å². The monoisotopic (exact) mass is 246 g/mol. The van der Waals surface area contributed by atoms with Gasteiger partial charge >= 0.3 is 0 Å². The van der Waals surface area contributed by atoms with Crippen LogP contribution >= 0.6 is 11.3 Å². The van der Waals surface area contributed by atoms with E-state index < -0.39 is 0 Å². The summed E-state index contributed by atoms with van der Waals surface area (Å²) in [5.41, 5.74) is 8.62. The van der Waals surface area contributed by atoms with Gasteiger partial charge in [-0.2, -0.15) is 0 Å². The first-order valence-corrected chi connectivity index (χ1v) is 6.76. The molecule has 2 N–H and O–H groups in total. The van der Waals surface area contributed by atoms with Gasteiger partial charge in [-0.05, 0) is 42.7 Å². The molecule has 0 aromatic carbocycles. The Kier molecular flexibility index (Phi) is 3.92. The van der Waals surface area contributed by atoms with Crippen LogP contribution in [0.4, 0.5) is 0 Å². The molecule has 0 aliphatic heterocycles. The van der Waals surface area contributed by atoms with Gasteiger partial charge in [0.05, 0.1) is 0 Å². The highest BCUT2D eigenvalue weighted by Gasteiger charge is 2.11. The first-order chi connectivity index (χ1) is 8.20. The van der Waals surface area contributed by atoms with Crippen LogP contribution in [0.25, 0.3) is 0 Å². The second-order valence-electron chi connectivity index (χ2n) is 4.26. The van der Waals surface area contributed by atoms with Crippen LogP contribution in [-0.2, 0) is 12.8 Å². The quantitative estimate of drug-likeness (QED) is 0.899. The molecule has 0 aliphatic carbocycles. The van der Waals surface area contributed by atoms with Crippen LogP contribution in [-0.4, -0.2) is 4.98 Å². The van der Waals surface area contributed by atoms with Crippen LogP contribution in [0.15, 0.2) is 30.6 Å². The minimum absolute atomic E-state index is 0.0482. The summed E-state index contributed by atoms with van der Waals surface area (Å²) in [4.78, 5) is 6.94. The molecular formula is C14H18N2S. The Morgan fingerprint density at radius 3 is 2.71 bits per heavy atom. The maximum atomic E-state index is 6.25. The Bertz CT molecular complexity index is 490. The molecule has 90 valence electrons. The fraction of sp³-hybridized carbons (Fsp3) is 0.357. The molecule has 1 atom stereocenters. The van der Waals surface area contributed by atoms with Crippen molar-refractivity contribution in [1.82, 2.24) is 4.98 Å². The molecule has 0 saturated heterocycles. The van der Waals surface area contributed by atoms with Crippen molar-refractivity contribution >= 4 is 11.3 Å². The van der Waals surface area contributed by atoms with Gasteiger partial charge in [0, 0.05) is 34.6 Å². The number of pyridine rings is 1. The lowest BCUT2D eigenvalue weighted by atomic mass is 10.0. The summed E-state index contributed by atoms with van der Waals surface area (Å²) < 4.78 is 0. The van der Waals surface area contributed by atoms with E-state index in [2.05, 4.69) is 31.0 Å². The van der Waals surface area contributed by atoms with E-state index in [0.717, 1.165) is 18.4 Å². The molecule has 0 fully saturated rings. The third-order valence-corrected chi connectivity index (χ3v) is 4.22. The highest BCUT2D eigenvalue weighted by Crippen LogP contribution is 2.23. The molecule has 0 bridgehead atoms. The van der Waals surface area contributed by atoms with Gasteiger partial charge in [0.25, 0.3) is 0 Å². The number of hydrogen-bond acceptors (Lipinski definition) is 3. The Morgan fingerprint density at radius 1 is 1.29 bits per heavy atom. The van der Waals surface area contributed by atoms with E-state index >= 15 is 0 Å². The molecule has 1 unspecified atom stereocenters. The zero-order valence-electron chi connectivity index (χ0n) is 10.3. The Hall–Kier alpha value is -1.19. The molecule has 0 radical (unpaired) electrons. The van der Waals surface area contributed by atoms with Gasteiger partial charge in [0.15, 0.2) is 0 Å². The minimum Gasteiger partial charge on any atom is -0.324 e. The molecule has 3 heteroatoms. The van der Waals surface area contributed by atoms with E-state index in [9.17, 15) is 0 Å². The van der Waals surface area contributed by atoms with Crippen molar-refractivity contribution in [3.05, 3.63) is 51.5 Å². The standard InChI is InChI=1S/C14H18N2S/c1-3-11-4-5-12(17-11)8-14(15)13-9-16-7-6-10(13)2/h4-7,9,14H,3,8,15H2,1-2H3. The molecule has 2 aromatic rings. The Balaban J connectivity index is 2.11. The largest absolute Gasteiger partial charge is 0.324 e. The Labute approximate surface area is 107 Å². The van der Waals surface area contributed by atoms with Gasteiger partial charge in [0.1, 0.15) is 0 Å². The molecule has 0 amide bonds. The zero-order chi connectivity index (χ0) is 12.3. The summed E-state index contributed by atoms with van der Waals surface area (Å²) in [6, 6.07) is 6.45. The van der Waals surface area contributed by atoms with Crippen LogP contribution in [0.3, 0.4) is 0 Å². The molecule has 2 heterocycles. The van der Waals surface area contributed by atoms with Crippen molar-refractivity contribution in [2.75, 3.05) is 0 Å². The summed E-state index contributed by atoms with van der Waals surface area (Å²) in [6.45, 7) is 4.27. The van der Waals surface area contributed by atoms with Crippen molar-refractivity contribution in [3.8, 4) is 0 Å². The maximum absolute atomic E-state index is 6.25. The van der Waals surface area contributed by atoms with Gasteiger partial charge in [-0.3, -0.25) is 4.98 Å². The topological polar surface area (TPSA) is 38.9 Å². The van der Waals surface area contributed by atoms with Gasteiger partial charge < -0.3 is 5.73 Å². The van der Waals surface area contributed by atoms with Crippen molar-refractivity contribution in [2.24, 2.45) is 5.73 Å². The van der Waals surface area contributed by atoms with E-state index in [1.165, 1.54) is 15.3 Å². The highest BCUT2D eigenvalue weighted by molar-refractivity contribution is 7.11. The fourth-order valence-electron chi connectivity index (χ4n) is 1.91. The third kappa shape index (κ3) is 2.93. The summed E-state index contributed by atoms with van der Waals surface area (Å²) >= 11 is 1.86. The SMILES string of the molecule is CCc1ccc(CC(N)c2cnccc2C)s1. The van der Waals surface area contributed by atoms with E-state index in [1.807, 2.05) is 29.8 Å². The van der Waals surface area contributed by atoms with Crippen molar-refractivity contribution in [1.29, 1.82) is 0 Å². The molecule has 0 aliphatic rings. The second kappa shape index (κ2) is 5.43. The molecule has 2 nitrogen and oxygen atoms in total. The van der Waals surface area contributed by atoms with Crippen LogP contribution in [0, 0.1) is 6.92 Å². The normalized spacial score (nSPS) is 12.6. The van der Waals surface area contributed by atoms with Crippen LogP contribution in [0.1, 0.15) is 33.8 Å². The van der Waals surface area contributed by atoms with Gasteiger partial charge in [-0.15, -0.1) is 11.3 Å². The van der Waals surface area contributed by atoms with Crippen LogP contribution in [0.2, 0.25) is 0 Å². The number of aryl methyl sites for hydroxylation is 2. The average molecular weight is 246 g/mol. The number of nitrogens with zero attached hydrogens (tertiary/aromatic N) is 1. The van der Waals surface area contributed by atoms with E-state index in [0.29, 0.717) is 0 Å². The average Bonchev–Trinajstić information content (AvgIpc) is 2.77. The van der Waals surface area contributed by atoms with E-state index in [1.54, 1.807) is 0 Å². The van der Waals surface area contributed by atoms with Gasteiger partial charge in [0.2, 0.25) is 0 Å². The lowest BCUT2D eigenvalue weighted by molar-refractivity contribution is 0.720. The van der Waals surface area contributed by atoms with Gasteiger partial charge in [-0.1, -0.05) is 6.92 Å². The molecule has 0 saturated carbocycles.